The Morgan fingerprint density at radius 1 is 1.37 bits per heavy atom. The molecule has 1 atom stereocenters. The van der Waals surface area contributed by atoms with Gasteiger partial charge in [-0.05, 0) is 31.0 Å². The van der Waals surface area contributed by atoms with Gasteiger partial charge < -0.3 is 5.32 Å². The van der Waals surface area contributed by atoms with Gasteiger partial charge in [-0.25, -0.2) is 4.98 Å². The maximum atomic E-state index is 8.77. The summed E-state index contributed by atoms with van der Waals surface area (Å²) < 4.78 is 0. The monoisotopic (exact) mass is 271 g/mol. The van der Waals surface area contributed by atoms with Crippen molar-refractivity contribution in [2.75, 3.05) is 0 Å². The quantitative estimate of drug-likeness (QED) is 0.906. The molecule has 1 heterocycles. The van der Waals surface area contributed by atoms with Gasteiger partial charge in [0.05, 0.1) is 16.6 Å². The Labute approximate surface area is 117 Å². The number of aryl methyl sites for hydroxylation is 1. The number of hydrogen-bond acceptors (Lipinski definition) is 4. The predicted molar refractivity (Wildman–Crippen MR) is 77.9 cm³/mol. The van der Waals surface area contributed by atoms with E-state index in [0.717, 1.165) is 13.0 Å². The van der Waals surface area contributed by atoms with Crippen LogP contribution in [0.4, 0.5) is 0 Å². The third-order valence-electron chi connectivity index (χ3n) is 3.03. The standard InChI is InChI=1S/C15H17N3S/c1-3-15-18-10-14(19-15)9-17-11(2)13-6-4-12(8-16)5-7-13/h4-7,10-11,17H,3,9H2,1-2H3. The van der Waals surface area contributed by atoms with Crippen molar-refractivity contribution in [1.82, 2.24) is 10.3 Å². The number of nitriles is 1. The summed E-state index contributed by atoms with van der Waals surface area (Å²) in [7, 11) is 0. The molecule has 98 valence electrons. The number of thiazole rings is 1. The maximum absolute atomic E-state index is 8.77. The van der Waals surface area contributed by atoms with E-state index < -0.39 is 0 Å². The van der Waals surface area contributed by atoms with E-state index in [-0.39, 0.29) is 6.04 Å². The van der Waals surface area contributed by atoms with E-state index in [1.165, 1.54) is 15.4 Å². The highest BCUT2D eigenvalue weighted by molar-refractivity contribution is 7.11. The normalized spacial score (nSPS) is 12.1. The minimum absolute atomic E-state index is 0.264. The lowest BCUT2D eigenvalue weighted by Crippen LogP contribution is -2.17. The molecule has 19 heavy (non-hydrogen) atoms. The topological polar surface area (TPSA) is 48.7 Å². The lowest BCUT2D eigenvalue weighted by molar-refractivity contribution is 0.578. The van der Waals surface area contributed by atoms with Gasteiger partial charge in [0, 0.05) is 23.7 Å². The minimum Gasteiger partial charge on any atom is -0.305 e. The highest BCUT2D eigenvalue weighted by atomic mass is 32.1. The molecule has 4 heteroatoms. The highest BCUT2D eigenvalue weighted by Gasteiger charge is 2.06. The molecular formula is C15H17N3S. The van der Waals surface area contributed by atoms with Gasteiger partial charge in [0.25, 0.3) is 0 Å². The van der Waals surface area contributed by atoms with Gasteiger partial charge in [0.2, 0.25) is 0 Å². The average Bonchev–Trinajstić information content (AvgIpc) is 2.93. The Kier molecular flexibility index (Phi) is 4.67. The fourth-order valence-corrected chi connectivity index (χ4v) is 2.62. The first-order chi connectivity index (χ1) is 9.22. The van der Waals surface area contributed by atoms with E-state index in [0.29, 0.717) is 5.56 Å². The van der Waals surface area contributed by atoms with Gasteiger partial charge in [-0.15, -0.1) is 11.3 Å². The first-order valence-electron chi connectivity index (χ1n) is 6.40. The molecule has 0 fully saturated rings. The fourth-order valence-electron chi connectivity index (χ4n) is 1.81. The van der Waals surface area contributed by atoms with Gasteiger partial charge in [0.15, 0.2) is 0 Å². The Bertz CT molecular complexity index is 566. The first kappa shape index (κ1) is 13.7. The number of nitrogens with one attached hydrogen (secondary N) is 1. The summed E-state index contributed by atoms with van der Waals surface area (Å²) in [6.07, 6.45) is 2.94. The van der Waals surface area contributed by atoms with Gasteiger partial charge in [-0.3, -0.25) is 0 Å². The number of rotatable bonds is 5. The molecule has 0 amide bonds. The van der Waals surface area contributed by atoms with Gasteiger partial charge >= 0.3 is 0 Å². The van der Waals surface area contributed by atoms with Crippen molar-refractivity contribution in [2.24, 2.45) is 0 Å². The summed E-state index contributed by atoms with van der Waals surface area (Å²) in [5, 5.41) is 13.4. The van der Waals surface area contributed by atoms with E-state index in [4.69, 9.17) is 5.26 Å². The van der Waals surface area contributed by atoms with Crippen LogP contribution >= 0.6 is 11.3 Å². The molecule has 0 aliphatic rings. The van der Waals surface area contributed by atoms with E-state index in [9.17, 15) is 0 Å². The van der Waals surface area contributed by atoms with E-state index in [1.54, 1.807) is 11.3 Å². The van der Waals surface area contributed by atoms with E-state index >= 15 is 0 Å². The third-order valence-corrected chi connectivity index (χ3v) is 4.17. The smallest absolute Gasteiger partial charge is 0.0991 e. The second kappa shape index (κ2) is 6.46. The summed E-state index contributed by atoms with van der Waals surface area (Å²) in [4.78, 5) is 5.61. The molecule has 0 saturated carbocycles. The Balaban J connectivity index is 1.93. The van der Waals surface area contributed by atoms with Crippen molar-refractivity contribution >= 4 is 11.3 Å². The van der Waals surface area contributed by atoms with Crippen molar-refractivity contribution in [3.63, 3.8) is 0 Å². The van der Waals surface area contributed by atoms with Crippen LogP contribution in [-0.4, -0.2) is 4.98 Å². The van der Waals surface area contributed by atoms with Crippen molar-refractivity contribution in [1.29, 1.82) is 5.26 Å². The molecule has 1 aromatic carbocycles. The summed E-state index contributed by atoms with van der Waals surface area (Å²) in [5.41, 5.74) is 1.89. The van der Waals surface area contributed by atoms with Crippen molar-refractivity contribution in [3.05, 3.63) is 51.5 Å². The number of benzene rings is 1. The molecule has 0 aliphatic heterocycles. The molecule has 0 spiro atoms. The molecule has 0 radical (unpaired) electrons. The molecule has 1 unspecified atom stereocenters. The van der Waals surface area contributed by atoms with Crippen LogP contribution in [-0.2, 0) is 13.0 Å². The molecule has 0 aliphatic carbocycles. The lowest BCUT2D eigenvalue weighted by Gasteiger charge is -2.13. The van der Waals surface area contributed by atoms with Gasteiger partial charge in [0.1, 0.15) is 0 Å². The minimum atomic E-state index is 0.264. The lowest BCUT2D eigenvalue weighted by atomic mass is 10.1. The van der Waals surface area contributed by atoms with Gasteiger partial charge in [-0.1, -0.05) is 19.1 Å². The fraction of sp³-hybridized carbons (Fsp3) is 0.333. The highest BCUT2D eigenvalue weighted by Crippen LogP contribution is 2.17. The molecule has 1 aromatic heterocycles. The number of hydrogen-bond donors (Lipinski definition) is 1. The summed E-state index contributed by atoms with van der Waals surface area (Å²) in [6.45, 7) is 5.08. The number of aromatic nitrogens is 1. The van der Waals surface area contributed by atoms with Crippen LogP contribution in [0.15, 0.2) is 30.5 Å². The van der Waals surface area contributed by atoms with Crippen LogP contribution in [0.25, 0.3) is 0 Å². The number of nitrogens with zero attached hydrogens (tertiary/aromatic N) is 2. The van der Waals surface area contributed by atoms with Crippen molar-refractivity contribution < 1.29 is 0 Å². The Morgan fingerprint density at radius 3 is 2.68 bits per heavy atom. The van der Waals surface area contributed by atoms with Crippen molar-refractivity contribution in [2.45, 2.75) is 32.9 Å². The third kappa shape index (κ3) is 3.63. The summed E-state index contributed by atoms with van der Waals surface area (Å²) >= 11 is 1.76. The van der Waals surface area contributed by atoms with E-state index in [1.807, 2.05) is 30.5 Å². The second-order valence-corrected chi connectivity index (χ2v) is 5.61. The zero-order valence-electron chi connectivity index (χ0n) is 11.2. The summed E-state index contributed by atoms with van der Waals surface area (Å²) in [5.74, 6) is 0. The molecule has 3 nitrogen and oxygen atoms in total. The largest absolute Gasteiger partial charge is 0.305 e. The molecule has 0 bridgehead atoms. The average molecular weight is 271 g/mol. The predicted octanol–water partition coefficient (Wildman–Crippen LogP) is 3.43. The SMILES string of the molecule is CCc1ncc(CNC(C)c2ccc(C#N)cc2)s1. The second-order valence-electron chi connectivity index (χ2n) is 4.41. The van der Waals surface area contributed by atoms with Crippen LogP contribution in [0, 0.1) is 11.3 Å². The van der Waals surface area contributed by atoms with E-state index in [2.05, 4.69) is 30.2 Å². The molecule has 1 N–H and O–H groups in total. The summed E-state index contributed by atoms with van der Waals surface area (Å²) in [6, 6.07) is 10.1. The zero-order chi connectivity index (χ0) is 13.7. The van der Waals surface area contributed by atoms with Crippen molar-refractivity contribution in [3.8, 4) is 6.07 Å². The maximum Gasteiger partial charge on any atom is 0.0991 e. The molecule has 2 rings (SSSR count). The van der Waals surface area contributed by atoms with Gasteiger partial charge in [-0.2, -0.15) is 5.26 Å². The zero-order valence-corrected chi connectivity index (χ0v) is 12.0. The van der Waals surface area contributed by atoms with Crippen LogP contribution < -0.4 is 5.32 Å². The Hall–Kier alpha value is -1.70. The van der Waals surface area contributed by atoms with Crippen LogP contribution in [0.1, 0.15) is 40.9 Å². The van der Waals surface area contributed by atoms with Crippen LogP contribution in [0.5, 0.6) is 0 Å². The molecule has 0 saturated heterocycles. The Morgan fingerprint density at radius 2 is 2.11 bits per heavy atom. The molecule has 2 aromatic rings. The van der Waals surface area contributed by atoms with Crippen LogP contribution in [0.2, 0.25) is 0 Å². The molecular weight excluding hydrogens is 254 g/mol. The first-order valence-corrected chi connectivity index (χ1v) is 7.21. The van der Waals surface area contributed by atoms with Crippen LogP contribution in [0.3, 0.4) is 0 Å².